The van der Waals surface area contributed by atoms with Crippen molar-refractivity contribution in [2.24, 2.45) is 0 Å². The summed E-state index contributed by atoms with van der Waals surface area (Å²) in [4.78, 5) is 14.8. The topological polar surface area (TPSA) is 87.7 Å². The number of anilines is 2. The van der Waals surface area contributed by atoms with Crippen LogP contribution < -0.4 is 19.7 Å². The van der Waals surface area contributed by atoms with E-state index in [1.165, 1.54) is 44.6 Å². The summed E-state index contributed by atoms with van der Waals surface area (Å²) in [7, 11) is -2.42. The van der Waals surface area contributed by atoms with E-state index in [1.807, 2.05) is 26.0 Å². The highest BCUT2D eigenvalue weighted by Gasteiger charge is 2.21. The fourth-order valence-corrected chi connectivity index (χ4v) is 4.56. The molecule has 0 saturated carbocycles. The van der Waals surface area contributed by atoms with E-state index in [2.05, 4.69) is 14.9 Å². The highest BCUT2D eigenvalue weighted by molar-refractivity contribution is 7.92. The third-order valence-corrected chi connectivity index (χ3v) is 6.37. The number of carbonyl (C=O) groups excluding carboxylic acids is 1. The number of hydrogen-bond acceptors (Lipinski definition) is 5. The summed E-state index contributed by atoms with van der Waals surface area (Å²) in [5.41, 5.74) is 1.74. The zero-order valence-electron chi connectivity index (χ0n) is 17.6. The van der Waals surface area contributed by atoms with Gasteiger partial charge in [-0.1, -0.05) is 0 Å². The van der Waals surface area contributed by atoms with Crippen molar-refractivity contribution in [2.75, 3.05) is 29.8 Å². The Morgan fingerprint density at radius 2 is 1.70 bits per heavy atom. The van der Waals surface area contributed by atoms with E-state index < -0.39 is 10.0 Å². The molecule has 30 heavy (non-hydrogen) atoms. The monoisotopic (exact) mass is 431 g/mol. The lowest BCUT2D eigenvalue weighted by Crippen LogP contribution is -2.30. The Labute approximate surface area is 178 Å². The number of nitrogens with one attached hydrogen (secondary N) is 2. The molecular weight excluding hydrogens is 402 g/mol. The van der Waals surface area contributed by atoms with E-state index >= 15 is 0 Å². The number of nitrogens with zero attached hydrogens (tertiary/aromatic N) is 1. The predicted octanol–water partition coefficient (Wildman–Crippen LogP) is 3.62. The van der Waals surface area contributed by atoms with Gasteiger partial charge in [-0.2, -0.15) is 0 Å². The van der Waals surface area contributed by atoms with Crippen LogP contribution in [0.25, 0.3) is 0 Å². The number of piperidine rings is 1. The first-order valence-electron chi connectivity index (χ1n) is 10.2. The highest BCUT2D eigenvalue weighted by Crippen LogP contribution is 2.26. The molecule has 0 aromatic heterocycles. The van der Waals surface area contributed by atoms with Gasteiger partial charge >= 0.3 is 0 Å². The van der Waals surface area contributed by atoms with E-state index in [9.17, 15) is 13.2 Å². The van der Waals surface area contributed by atoms with Gasteiger partial charge in [-0.3, -0.25) is 9.52 Å². The maximum Gasteiger partial charge on any atom is 0.261 e. The maximum atomic E-state index is 12.9. The van der Waals surface area contributed by atoms with Crippen LogP contribution in [-0.4, -0.2) is 40.6 Å². The van der Waals surface area contributed by atoms with Gasteiger partial charge in [0.15, 0.2) is 0 Å². The van der Waals surface area contributed by atoms with Crippen molar-refractivity contribution in [1.29, 1.82) is 0 Å². The minimum absolute atomic E-state index is 0.00249. The van der Waals surface area contributed by atoms with Gasteiger partial charge in [0.05, 0.1) is 17.6 Å². The molecule has 8 heteroatoms. The first kappa shape index (κ1) is 22.0. The minimum atomic E-state index is -3.86. The van der Waals surface area contributed by atoms with Crippen LogP contribution in [0.2, 0.25) is 0 Å². The summed E-state index contributed by atoms with van der Waals surface area (Å²) in [5, 5.41) is 2.76. The molecule has 1 saturated heterocycles. The molecule has 1 amide bonds. The number of sulfonamides is 1. The Morgan fingerprint density at radius 1 is 1.03 bits per heavy atom. The van der Waals surface area contributed by atoms with Crippen molar-refractivity contribution in [3.8, 4) is 5.75 Å². The van der Waals surface area contributed by atoms with Crippen molar-refractivity contribution in [1.82, 2.24) is 5.32 Å². The molecular formula is C22H29N3O4S. The average Bonchev–Trinajstić information content (AvgIpc) is 2.73. The zero-order valence-corrected chi connectivity index (χ0v) is 18.5. The van der Waals surface area contributed by atoms with Gasteiger partial charge in [0.1, 0.15) is 5.75 Å². The molecule has 7 nitrogen and oxygen atoms in total. The quantitative estimate of drug-likeness (QED) is 0.699. The lowest BCUT2D eigenvalue weighted by atomic mass is 10.1. The van der Waals surface area contributed by atoms with E-state index in [4.69, 9.17) is 4.74 Å². The number of methoxy groups -OCH3 is 1. The van der Waals surface area contributed by atoms with Gasteiger partial charge in [-0.25, -0.2) is 8.42 Å². The standard InChI is InChI=1S/C22H29N3O4S/c1-16(2)23-22(26)20-15-19(11-12-21(20)29-3)30(27,28)24-17-7-9-18(10-8-17)25-13-5-4-6-14-25/h7-12,15-16,24H,4-6,13-14H2,1-3H3,(H,23,26). The van der Waals surface area contributed by atoms with Crippen LogP contribution in [0.1, 0.15) is 43.5 Å². The van der Waals surface area contributed by atoms with Gasteiger partial charge < -0.3 is 15.0 Å². The molecule has 1 fully saturated rings. The summed E-state index contributed by atoms with van der Waals surface area (Å²) in [6, 6.07) is 11.5. The van der Waals surface area contributed by atoms with Gasteiger partial charge in [-0.05, 0) is 75.6 Å². The van der Waals surface area contributed by atoms with Crippen LogP contribution in [0.4, 0.5) is 11.4 Å². The molecule has 0 atom stereocenters. The Morgan fingerprint density at radius 3 is 2.30 bits per heavy atom. The number of ether oxygens (including phenoxy) is 1. The largest absolute Gasteiger partial charge is 0.496 e. The Bertz CT molecular complexity index is 982. The fourth-order valence-electron chi connectivity index (χ4n) is 3.48. The summed E-state index contributed by atoms with van der Waals surface area (Å²) in [6.45, 7) is 5.72. The molecule has 3 rings (SSSR count). The highest BCUT2D eigenvalue weighted by atomic mass is 32.2. The number of hydrogen-bond donors (Lipinski definition) is 2. The van der Waals surface area contributed by atoms with Gasteiger partial charge in [0, 0.05) is 30.5 Å². The number of carbonyl (C=O) groups is 1. The summed E-state index contributed by atoms with van der Waals surface area (Å²) in [5.74, 6) is -0.0669. The van der Waals surface area contributed by atoms with Crippen LogP contribution in [0.15, 0.2) is 47.4 Å². The van der Waals surface area contributed by atoms with Crippen molar-refractivity contribution in [3.63, 3.8) is 0 Å². The van der Waals surface area contributed by atoms with Gasteiger partial charge in [0.25, 0.3) is 15.9 Å². The van der Waals surface area contributed by atoms with Crippen LogP contribution in [-0.2, 0) is 10.0 Å². The third kappa shape index (κ3) is 5.24. The average molecular weight is 432 g/mol. The van der Waals surface area contributed by atoms with Crippen LogP contribution in [0.3, 0.4) is 0 Å². The van der Waals surface area contributed by atoms with Crippen molar-refractivity contribution >= 4 is 27.3 Å². The first-order valence-corrected chi connectivity index (χ1v) is 11.7. The molecule has 0 radical (unpaired) electrons. The molecule has 0 spiro atoms. The van der Waals surface area contributed by atoms with E-state index in [1.54, 1.807) is 12.1 Å². The third-order valence-electron chi connectivity index (χ3n) is 4.99. The second-order valence-corrected chi connectivity index (χ2v) is 9.37. The minimum Gasteiger partial charge on any atom is -0.496 e. The summed E-state index contributed by atoms with van der Waals surface area (Å²) >= 11 is 0. The number of rotatable bonds is 7. The molecule has 0 bridgehead atoms. The Balaban J connectivity index is 1.80. The predicted molar refractivity (Wildman–Crippen MR) is 119 cm³/mol. The smallest absolute Gasteiger partial charge is 0.261 e. The molecule has 2 aromatic rings. The van der Waals surface area contributed by atoms with Crippen LogP contribution in [0.5, 0.6) is 5.75 Å². The summed E-state index contributed by atoms with van der Waals surface area (Å²) in [6.07, 6.45) is 3.62. The van der Waals surface area contributed by atoms with Crippen molar-refractivity contribution in [2.45, 2.75) is 44.0 Å². The molecule has 0 unspecified atom stereocenters. The van der Waals surface area contributed by atoms with E-state index in [0.717, 1.165) is 18.8 Å². The molecule has 0 aliphatic carbocycles. The number of amides is 1. The molecule has 1 aliphatic heterocycles. The fraction of sp³-hybridized carbons (Fsp3) is 0.409. The van der Waals surface area contributed by atoms with Crippen molar-refractivity contribution in [3.05, 3.63) is 48.0 Å². The lowest BCUT2D eigenvalue weighted by Gasteiger charge is -2.28. The Hall–Kier alpha value is -2.74. The number of benzene rings is 2. The normalized spacial score (nSPS) is 14.5. The molecule has 1 aliphatic rings. The second kappa shape index (κ2) is 9.38. The first-order chi connectivity index (χ1) is 14.3. The molecule has 2 aromatic carbocycles. The second-order valence-electron chi connectivity index (χ2n) is 7.69. The maximum absolute atomic E-state index is 12.9. The Kier molecular flexibility index (Phi) is 6.87. The van der Waals surface area contributed by atoms with Crippen LogP contribution >= 0.6 is 0 Å². The molecule has 1 heterocycles. The van der Waals surface area contributed by atoms with Crippen molar-refractivity contribution < 1.29 is 17.9 Å². The van der Waals surface area contributed by atoms with Gasteiger partial charge in [-0.15, -0.1) is 0 Å². The van der Waals surface area contributed by atoms with E-state index in [-0.39, 0.29) is 22.4 Å². The van der Waals surface area contributed by atoms with Gasteiger partial charge in [0.2, 0.25) is 0 Å². The van der Waals surface area contributed by atoms with E-state index in [0.29, 0.717) is 11.4 Å². The SMILES string of the molecule is COc1ccc(S(=O)(=O)Nc2ccc(N3CCCCC3)cc2)cc1C(=O)NC(C)C. The zero-order chi connectivity index (χ0) is 21.7. The lowest BCUT2D eigenvalue weighted by molar-refractivity contribution is 0.0940. The van der Waals surface area contributed by atoms with Crippen LogP contribution in [0, 0.1) is 0 Å². The molecule has 162 valence electrons. The summed E-state index contributed by atoms with van der Waals surface area (Å²) < 4.78 is 33.6. The molecule has 2 N–H and O–H groups in total.